The van der Waals surface area contributed by atoms with Gasteiger partial charge in [-0.05, 0) is 44.1 Å². The lowest BCUT2D eigenvalue weighted by molar-refractivity contribution is 0.213. The van der Waals surface area contributed by atoms with Crippen LogP contribution in [-0.4, -0.2) is 28.9 Å². The molecule has 34 heavy (non-hydrogen) atoms. The van der Waals surface area contributed by atoms with Crippen molar-refractivity contribution in [1.29, 1.82) is 0 Å². The molecule has 0 aliphatic carbocycles. The van der Waals surface area contributed by atoms with Gasteiger partial charge in [-0.1, -0.05) is 83.1 Å². The Balaban J connectivity index is 1.64. The first-order valence-electron chi connectivity index (χ1n) is 13.4. The zero-order valence-electron chi connectivity index (χ0n) is 21.3. The number of rotatable bonds is 19. The third-order valence-corrected chi connectivity index (χ3v) is 6.34. The average molecular weight is 475 g/mol. The van der Waals surface area contributed by atoms with E-state index in [9.17, 15) is 8.78 Å². The summed E-state index contributed by atoms with van der Waals surface area (Å²) in [5, 5.41) is 0. The Kier molecular flexibility index (Phi) is 14.4. The first kappa shape index (κ1) is 28.2. The number of benzene rings is 1. The highest BCUT2D eigenvalue weighted by Gasteiger charge is 2.10. The molecule has 0 amide bonds. The predicted molar refractivity (Wildman–Crippen MR) is 138 cm³/mol. The lowest BCUT2D eigenvalue weighted by Crippen LogP contribution is -2.09. The van der Waals surface area contributed by atoms with Gasteiger partial charge in [0.25, 0.3) is 0 Å². The van der Waals surface area contributed by atoms with Gasteiger partial charge in [0.15, 0.2) is 11.6 Å². The third-order valence-electron chi connectivity index (χ3n) is 6.34. The predicted octanol–water partition coefficient (Wildman–Crippen LogP) is 8.85. The van der Waals surface area contributed by atoms with Gasteiger partial charge < -0.3 is 4.74 Å². The SMILES string of the molecule is CCCCCCCCCCc1ccc(-c2ncc(OCCC(F)CCCC(F)CC)cn2)cc1. The summed E-state index contributed by atoms with van der Waals surface area (Å²) in [6.07, 6.45) is 15.5. The Morgan fingerprint density at radius 3 is 2.00 bits per heavy atom. The Morgan fingerprint density at radius 1 is 0.735 bits per heavy atom. The molecule has 2 unspecified atom stereocenters. The number of aromatic nitrogens is 2. The van der Waals surface area contributed by atoms with E-state index in [1.807, 2.05) is 6.92 Å². The molecule has 0 radical (unpaired) electrons. The second-order valence-corrected chi connectivity index (χ2v) is 9.34. The lowest BCUT2D eigenvalue weighted by atomic mass is 10.0. The van der Waals surface area contributed by atoms with Crippen LogP contribution in [0.15, 0.2) is 36.7 Å². The van der Waals surface area contributed by atoms with E-state index in [-0.39, 0.29) is 6.61 Å². The Hall–Kier alpha value is -2.04. The van der Waals surface area contributed by atoms with Crippen LogP contribution in [0.3, 0.4) is 0 Å². The number of hydrogen-bond acceptors (Lipinski definition) is 3. The number of unbranched alkanes of at least 4 members (excludes halogenated alkanes) is 7. The number of halogens is 2. The molecule has 0 spiro atoms. The minimum absolute atomic E-state index is 0.268. The third kappa shape index (κ3) is 11.9. The minimum atomic E-state index is -0.964. The maximum Gasteiger partial charge on any atom is 0.159 e. The molecule has 0 N–H and O–H groups in total. The maximum atomic E-state index is 13.9. The molecule has 0 fully saturated rings. The molecule has 5 heteroatoms. The van der Waals surface area contributed by atoms with Crippen molar-refractivity contribution in [1.82, 2.24) is 9.97 Å². The van der Waals surface area contributed by atoms with E-state index < -0.39 is 12.3 Å². The van der Waals surface area contributed by atoms with Gasteiger partial charge >= 0.3 is 0 Å². The van der Waals surface area contributed by atoms with Crippen molar-refractivity contribution in [2.24, 2.45) is 0 Å². The quantitative estimate of drug-likeness (QED) is 0.191. The maximum absolute atomic E-state index is 13.9. The molecular formula is C29H44F2N2O. The van der Waals surface area contributed by atoms with Crippen LogP contribution in [0, 0.1) is 0 Å². The van der Waals surface area contributed by atoms with Crippen molar-refractivity contribution in [3.05, 3.63) is 42.2 Å². The van der Waals surface area contributed by atoms with Crippen molar-refractivity contribution in [3.8, 4) is 17.1 Å². The molecule has 2 rings (SSSR count). The molecule has 0 saturated carbocycles. The summed E-state index contributed by atoms with van der Waals surface area (Å²) in [6, 6.07) is 8.48. The summed E-state index contributed by atoms with van der Waals surface area (Å²) in [4.78, 5) is 8.80. The molecule has 190 valence electrons. The van der Waals surface area contributed by atoms with Crippen molar-refractivity contribution in [2.75, 3.05) is 6.61 Å². The van der Waals surface area contributed by atoms with Gasteiger partial charge in [-0.3, -0.25) is 0 Å². The van der Waals surface area contributed by atoms with E-state index >= 15 is 0 Å². The van der Waals surface area contributed by atoms with Crippen molar-refractivity contribution in [2.45, 2.75) is 116 Å². The Morgan fingerprint density at radius 2 is 1.35 bits per heavy atom. The van der Waals surface area contributed by atoms with Crippen LogP contribution in [0.5, 0.6) is 5.75 Å². The first-order valence-corrected chi connectivity index (χ1v) is 13.4. The molecule has 3 nitrogen and oxygen atoms in total. The fraction of sp³-hybridized carbons (Fsp3) is 0.655. The van der Waals surface area contributed by atoms with Crippen molar-refractivity contribution in [3.63, 3.8) is 0 Å². The van der Waals surface area contributed by atoms with E-state index in [1.54, 1.807) is 12.4 Å². The average Bonchev–Trinajstić information content (AvgIpc) is 2.86. The van der Waals surface area contributed by atoms with E-state index in [0.717, 1.165) is 12.0 Å². The summed E-state index contributed by atoms with van der Waals surface area (Å²) in [5.41, 5.74) is 2.33. The lowest BCUT2D eigenvalue weighted by Gasteiger charge is -2.10. The van der Waals surface area contributed by atoms with E-state index in [4.69, 9.17) is 4.74 Å². The molecule has 1 aromatic heterocycles. The second kappa shape index (κ2) is 17.4. The zero-order chi connectivity index (χ0) is 24.4. The van der Waals surface area contributed by atoms with Crippen molar-refractivity contribution >= 4 is 0 Å². The summed E-state index contributed by atoms with van der Waals surface area (Å²) in [5.74, 6) is 1.20. The molecule has 0 saturated heterocycles. The standard InChI is InChI=1S/C29H44F2N2O/c1-3-5-6-7-8-9-10-11-13-24-16-18-25(19-17-24)29-32-22-28(23-33-29)34-21-20-27(31)15-12-14-26(30)4-2/h16-19,22-23,26-27H,3-15,20-21H2,1-2H3. The molecule has 0 aliphatic heterocycles. The highest BCUT2D eigenvalue weighted by molar-refractivity contribution is 5.55. The fourth-order valence-corrected chi connectivity index (χ4v) is 4.04. The van der Waals surface area contributed by atoms with Crippen LogP contribution in [-0.2, 0) is 6.42 Å². The normalized spacial score (nSPS) is 13.1. The highest BCUT2D eigenvalue weighted by atomic mass is 19.1. The largest absolute Gasteiger partial charge is 0.490 e. The summed E-state index contributed by atoms with van der Waals surface area (Å²) in [6.45, 7) is 4.34. The van der Waals surface area contributed by atoms with Gasteiger partial charge in [0.2, 0.25) is 0 Å². The minimum Gasteiger partial charge on any atom is -0.490 e. The molecule has 2 aromatic rings. The van der Waals surface area contributed by atoms with Gasteiger partial charge in [0, 0.05) is 12.0 Å². The van der Waals surface area contributed by atoms with Gasteiger partial charge in [-0.25, -0.2) is 18.7 Å². The van der Waals surface area contributed by atoms with Gasteiger partial charge in [0.05, 0.1) is 25.2 Å². The Labute approximate surface area is 205 Å². The van der Waals surface area contributed by atoms with Crippen LogP contribution in [0.1, 0.15) is 103 Å². The topological polar surface area (TPSA) is 35.0 Å². The smallest absolute Gasteiger partial charge is 0.159 e. The Bertz CT molecular complexity index is 752. The zero-order valence-corrected chi connectivity index (χ0v) is 21.3. The van der Waals surface area contributed by atoms with E-state index in [1.165, 1.54) is 56.9 Å². The molecule has 1 aromatic carbocycles. The van der Waals surface area contributed by atoms with Crippen LogP contribution in [0.4, 0.5) is 8.78 Å². The van der Waals surface area contributed by atoms with Crippen LogP contribution >= 0.6 is 0 Å². The van der Waals surface area contributed by atoms with E-state index in [2.05, 4.69) is 41.2 Å². The monoisotopic (exact) mass is 474 g/mol. The van der Waals surface area contributed by atoms with Gasteiger partial charge in [-0.2, -0.15) is 0 Å². The molecule has 0 aliphatic rings. The summed E-state index contributed by atoms with van der Waals surface area (Å²) >= 11 is 0. The molecule has 0 bridgehead atoms. The van der Waals surface area contributed by atoms with Crippen molar-refractivity contribution < 1.29 is 13.5 Å². The van der Waals surface area contributed by atoms with E-state index in [0.29, 0.717) is 43.7 Å². The fourth-order valence-electron chi connectivity index (χ4n) is 4.04. The number of nitrogens with zero attached hydrogens (tertiary/aromatic N) is 2. The highest BCUT2D eigenvalue weighted by Crippen LogP contribution is 2.19. The number of aryl methyl sites for hydroxylation is 1. The second-order valence-electron chi connectivity index (χ2n) is 9.34. The summed E-state index contributed by atoms with van der Waals surface area (Å²) < 4.78 is 32.7. The van der Waals surface area contributed by atoms with Crippen LogP contribution < -0.4 is 4.74 Å². The number of hydrogen-bond donors (Lipinski definition) is 0. The number of ether oxygens (including phenoxy) is 1. The van der Waals surface area contributed by atoms with Gasteiger partial charge in [0.1, 0.15) is 6.17 Å². The molecular weight excluding hydrogens is 430 g/mol. The van der Waals surface area contributed by atoms with Crippen LogP contribution in [0.2, 0.25) is 0 Å². The first-order chi connectivity index (χ1) is 16.6. The molecule has 1 heterocycles. The number of alkyl halides is 2. The van der Waals surface area contributed by atoms with Crippen LogP contribution in [0.25, 0.3) is 11.4 Å². The molecule has 2 atom stereocenters. The summed E-state index contributed by atoms with van der Waals surface area (Å²) in [7, 11) is 0. The van der Waals surface area contributed by atoms with Gasteiger partial charge in [-0.15, -0.1) is 0 Å².